The minimum atomic E-state index is -0.655. The summed E-state index contributed by atoms with van der Waals surface area (Å²) in [7, 11) is 0. The van der Waals surface area contributed by atoms with Crippen LogP contribution >= 0.6 is 0 Å². The lowest BCUT2D eigenvalue weighted by Crippen LogP contribution is -2.56. The first kappa shape index (κ1) is 14.9. The molecule has 1 aliphatic rings. The van der Waals surface area contributed by atoms with Crippen molar-refractivity contribution in [3.63, 3.8) is 0 Å². The lowest BCUT2D eigenvalue weighted by atomic mass is 10.1. The van der Waals surface area contributed by atoms with Crippen molar-refractivity contribution in [2.45, 2.75) is 45.4 Å². The number of nitrogens with zero attached hydrogens (tertiary/aromatic N) is 1. The summed E-state index contributed by atoms with van der Waals surface area (Å²) >= 11 is 0. The maximum absolute atomic E-state index is 11.8. The second kappa shape index (κ2) is 6.70. The second-order valence-corrected chi connectivity index (χ2v) is 4.47. The molecule has 0 bridgehead atoms. The molecule has 1 saturated heterocycles. The summed E-state index contributed by atoms with van der Waals surface area (Å²) < 4.78 is 10.5. The molecule has 2 unspecified atom stereocenters. The number of morpholine rings is 1. The fourth-order valence-electron chi connectivity index (χ4n) is 2.21. The molecule has 0 aromatic rings. The summed E-state index contributed by atoms with van der Waals surface area (Å²) in [5.41, 5.74) is 5.26. The molecule has 2 N–H and O–H groups in total. The SMILES string of the molecule is CCOC(=O)C(CC)N1CC(C(N)=O)O[C@H](C)C1. The van der Waals surface area contributed by atoms with Gasteiger partial charge in [-0.15, -0.1) is 0 Å². The predicted octanol–water partition coefficient (Wildman–Crippen LogP) is -0.0973. The van der Waals surface area contributed by atoms with Crippen LogP contribution < -0.4 is 5.73 Å². The topological polar surface area (TPSA) is 81.9 Å². The monoisotopic (exact) mass is 258 g/mol. The Labute approximate surface area is 107 Å². The van der Waals surface area contributed by atoms with Gasteiger partial charge in [-0.1, -0.05) is 6.92 Å². The third kappa shape index (κ3) is 3.68. The Morgan fingerprint density at radius 1 is 1.44 bits per heavy atom. The van der Waals surface area contributed by atoms with Gasteiger partial charge in [-0.2, -0.15) is 0 Å². The van der Waals surface area contributed by atoms with Crippen LogP contribution in [0.3, 0.4) is 0 Å². The van der Waals surface area contributed by atoms with E-state index in [0.717, 1.165) is 0 Å². The first-order valence-electron chi connectivity index (χ1n) is 6.35. The number of ether oxygens (including phenoxy) is 2. The Balaban J connectivity index is 2.72. The first-order chi connectivity index (χ1) is 8.49. The smallest absolute Gasteiger partial charge is 0.323 e. The van der Waals surface area contributed by atoms with Crippen molar-refractivity contribution in [1.29, 1.82) is 0 Å². The molecule has 0 saturated carbocycles. The van der Waals surface area contributed by atoms with Gasteiger partial charge in [-0.05, 0) is 20.3 Å². The average Bonchev–Trinajstić information content (AvgIpc) is 2.29. The quantitative estimate of drug-likeness (QED) is 0.696. The molecular formula is C12H22N2O4. The van der Waals surface area contributed by atoms with Gasteiger partial charge in [0.15, 0.2) is 0 Å². The maximum Gasteiger partial charge on any atom is 0.323 e. The van der Waals surface area contributed by atoms with Crippen molar-refractivity contribution < 1.29 is 19.1 Å². The molecule has 6 nitrogen and oxygen atoms in total. The molecule has 1 amide bonds. The van der Waals surface area contributed by atoms with Gasteiger partial charge in [0.2, 0.25) is 5.91 Å². The van der Waals surface area contributed by atoms with Gasteiger partial charge in [-0.3, -0.25) is 14.5 Å². The van der Waals surface area contributed by atoms with Crippen LogP contribution in [0.1, 0.15) is 27.2 Å². The highest BCUT2D eigenvalue weighted by atomic mass is 16.5. The molecule has 104 valence electrons. The molecule has 0 aromatic heterocycles. The first-order valence-corrected chi connectivity index (χ1v) is 6.35. The fraction of sp³-hybridized carbons (Fsp3) is 0.833. The zero-order valence-electron chi connectivity index (χ0n) is 11.2. The lowest BCUT2D eigenvalue weighted by Gasteiger charge is -2.38. The van der Waals surface area contributed by atoms with Crippen LogP contribution in [0.4, 0.5) is 0 Å². The fourth-order valence-corrected chi connectivity index (χ4v) is 2.21. The molecular weight excluding hydrogens is 236 g/mol. The third-order valence-electron chi connectivity index (χ3n) is 2.99. The summed E-state index contributed by atoms with van der Waals surface area (Å²) in [6, 6.07) is -0.335. The zero-order chi connectivity index (χ0) is 13.7. The predicted molar refractivity (Wildman–Crippen MR) is 65.8 cm³/mol. The number of esters is 1. The largest absolute Gasteiger partial charge is 0.465 e. The van der Waals surface area contributed by atoms with Gasteiger partial charge in [-0.25, -0.2) is 0 Å². The minimum Gasteiger partial charge on any atom is -0.465 e. The van der Waals surface area contributed by atoms with Crippen molar-refractivity contribution in [2.24, 2.45) is 5.73 Å². The van der Waals surface area contributed by atoms with E-state index in [-0.39, 0.29) is 18.1 Å². The third-order valence-corrected chi connectivity index (χ3v) is 2.99. The van der Waals surface area contributed by atoms with Crippen LogP contribution in [0, 0.1) is 0 Å². The Morgan fingerprint density at radius 3 is 2.61 bits per heavy atom. The van der Waals surface area contributed by atoms with Crippen molar-refractivity contribution >= 4 is 11.9 Å². The molecule has 0 aliphatic carbocycles. The van der Waals surface area contributed by atoms with Crippen LogP contribution in [0.2, 0.25) is 0 Å². The minimum absolute atomic E-state index is 0.125. The van der Waals surface area contributed by atoms with Crippen LogP contribution in [-0.4, -0.2) is 54.7 Å². The van der Waals surface area contributed by atoms with Gasteiger partial charge < -0.3 is 15.2 Å². The Morgan fingerprint density at radius 2 is 2.11 bits per heavy atom. The number of carbonyl (C=O) groups is 2. The number of carbonyl (C=O) groups excluding carboxylic acids is 2. The number of hydrogen-bond donors (Lipinski definition) is 1. The Kier molecular flexibility index (Phi) is 5.55. The average molecular weight is 258 g/mol. The number of hydrogen-bond acceptors (Lipinski definition) is 5. The van der Waals surface area contributed by atoms with E-state index < -0.39 is 12.0 Å². The number of primary amides is 1. The van der Waals surface area contributed by atoms with Gasteiger partial charge in [0.05, 0.1) is 12.7 Å². The standard InChI is InChI=1S/C12H22N2O4/c1-4-9(12(16)17-5-2)14-6-8(3)18-10(7-14)11(13)15/h8-10H,4-7H2,1-3H3,(H2,13,15)/t8-,9?,10?/m1/s1. The molecule has 0 spiro atoms. The van der Waals surface area contributed by atoms with E-state index in [1.807, 2.05) is 18.7 Å². The van der Waals surface area contributed by atoms with Gasteiger partial charge in [0.25, 0.3) is 0 Å². The summed E-state index contributed by atoms with van der Waals surface area (Å²) in [6.07, 6.45) is -0.145. The Bertz CT molecular complexity index is 308. The Hall–Kier alpha value is -1.14. The molecule has 1 aliphatic heterocycles. The van der Waals surface area contributed by atoms with E-state index in [0.29, 0.717) is 26.1 Å². The summed E-state index contributed by atoms with van der Waals surface area (Å²) in [6.45, 7) is 6.85. The van der Waals surface area contributed by atoms with E-state index in [9.17, 15) is 9.59 Å². The zero-order valence-corrected chi connectivity index (χ0v) is 11.2. The lowest BCUT2D eigenvalue weighted by molar-refractivity contribution is -0.160. The molecule has 1 rings (SSSR count). The highest BCUT2D eigenvalue weighted by Gasteiger charge is 2.35. The van der Waals surface area contributed by atoms with Crippen molar-refractivity contribution in [2.75, 3.05) is 19.7 Å². The molecule has 18 heavy (non-hydrogen) atoms. The van der Waals surface area contributed by atoms with Crippen molar-refractivity contribution in [3.8, 4) is 0 Å². The van der Waals surface area contributed by atoms with Crippen molar-refractivity contribution in [3.05, 3.63) is 0 Å². The number of nitrogens with two attached hydrogens (primary N) is 1. The highest BCUT2D eigenvalue weighted by molar-refractivity contribution is 5.80. The molecule has 0 radical (unpaired) electrons. The number of rotatable bonds is 5. The van der Waals surface area contributed by atoms with Gasteiger partial charge >= 0.3 is 5.97 Å². The molecule has 1 heterocycles. The van der Waals surface area contributed by atoms with Crippen LogP contribution in [-0.2, 0) is 19.1 Å². The van der Waals surface area contributed by atoms with Crippen molar-refractivity contribution in [1.82, 2.24) is 4.90 Å². The maximum atomic E-state index is 11.8. The van der Waals surface area contributed by atoms with Crippen LogP contribution in [0.25, 0.3) is 0 Å². The van der Waals surface area contributed by atoms with E-state index in [2.05, 4.69) is 0 Å². The molecule has 6 heteroatoms. The van der Waals surface area contributed by atoms with E-state index in [1.54, 1.807) is 6.92 Å². The van der Waals surface area contributed by atoms with Gasteiger partial charge in [0, 0.05) is 13.1 Å². The normalized spacial score (nSPS) is 26.6. The van der Waals surface area contributed by atoms with E-state index >= 15 is 0 Å². The van der Waals surface area contributed by atoms with Crippen LogP contribution in [0.15, 0.2) is 0 Å². The number of amides is 1. The van der Waals surface area contributed by atoms with E-state index in [4.69, 9.17) is 15.2 Å². The van der Waals surface area contributed by atoms with Crippen LogP contribution in [0.5, 0.6) is 0 Å². The molecule has 0 aromatic carbocycles. The summed E-state index contributed by atoms with van der Waals surface area (Å²) in [4.78, 5) is 25.0. The van der Waals surface area contributed by atoms with E-state index in [1.165, 1.54) is 0 Å². The summed E-state index contributed by atoms with van der Waals surface area (Å²) in [5, 5.41) is 0. The second-order valence-electron chi connectivity index (χ2n) is 4.47. The molecule has 1 fully saturated rings. The van der Waals surface area contributed by atoms with Gasteiger partial charge in [0.1, 0.15) is 12.1 Å². The summed E-state index contributed by atoms with van der Waals surface area (Å²) in [5.74, 6) is -0.748. The molecule has 3 atom stereocenters. The highest BCUT2D eigenvalue weighted by Crippen LogP contribution is 2.16.